The Labute approximate surface area is 245 Å². The van der Waals surface area contributed by atoms with Gasteiger partial charge in [-0.25, -0.2) is 0 Å². The molecule has 0 atom stereocenters. The van der Waals surface area contributed by atoms with Crippen LogP contribution in [0.2, 0.25) is 0 Å². The van der Waals surface area contributed by atoms with Gasteiger partial charge in [-0.05, 0) is 127 Å². The molecule has 4 aliphatic rings. The fourth-order valence-corrected chi connectivity index (χ4v) is 4.12. The molecule has 0 N–H and O–H groups in total. The molecule has 4 nitrogen and oxygen atoms in total. The summed E-state index contributed by atoms with van der Waals surface area (Å²) in [6.07, 6.45) is 8.52. The summed E-state index contributed by atoms with van der Waals surface area (Å²) in [4.78, 5) is 9.98. The lowest BCUT2D eigenvalue weighted by molar-refractivity contribution is 0.138. The van der Waals surface area contributed by atoms with E-state index in [9.17, 15) is 0 Å². The molecule has 4 rings (SSSR count). The van der Waals surface area contributed by atoms with Gasteiger partial charge in [0.1, 0.15) is 0 Å². The molecule has 0 bridgehead atoms. The normalized spacial score (nSPS) is 18.6. The van der Waals surface area contributed by atoms with Crippen LogP contribution in [0.4, 0.5) is 0 Å². The Morgan fingerprint density at radius 2 is 0.447 bits per heavy atom. The van der Waals surface area contributed by atoms with Gasteiger partial charge in [0.15, 0.2) is 0 Å². The SMILES string of the molecule is CC.CC.CC.CC.CC(C)N1CC1.CC(C)N1CCC1.CC(C)N1CCCC1.CC(C)N1CCCCC1. The maximum Gasteiger partial charge on any atom is 0.0113 e. The maximum absolute atomic E-state index is 2.56. The number of hydrogen-bond donors (Lipinski definition) is 0. The summed E-state index contributed by atoms with van der Waals surface area (Å²) in [5.74, 6) is 0. The van der Waals surface area contributed by atoms with E-state index >= 15 is 0 Å². The summed E-state index contributed by atoms with van der Waals surface area (Å²) in [7, 11) is 0. The topological polar surface area (TPSA) is 12.7 Å². The van der Waals surface area contributed by atoms with Crippen molar-refractivity contribution in [2.24, 2.45) is 0 Å². The van der Waals surface area contributed by atoms with Crippen LogP contribution in [0.1, 0.15) is 149 Å². The summed E-state index contributed by atoms with van der Waals surface area (Å²) >= 11 is 0. The fourth-order valence-electron chi connectivity index (χ4n) is 4.12. The second-order valence-corrected chi connectivity index (χ2v) is 10.6. The van der Waals surface area contributed by atoms with E-state index in [-0.39, 0.29) is 0 Å². The van der Waals surface area contributed by atoms with Crippen molar-refractivity contribution in [3.05, 3.63) is 0 Å². The monoisotopic (exact) mass is 545 g/mol. The first-order valence-corrected chi connectivity index (χ1v) is 17.2. The summed E-state index contributed by atoms with van der Waals surface area (Å²) in [5.41, 5.74) is 0. The molecule has 4 saturated heterocycles. The molecule has 0 aromatic carbocycles. The maximum atomic E-state index is 2.56. The zero-order valence-electron chi connectivity index (χ0n) is 30.0. The van der Waals surface area contributed by atoms with Crippen molar-refractivity contribution in [1.82, 2.24) is 19.6 Å². The van der Waals surface area contributed by atoms with Crippen molar-refractivity contribution < 1.29 is 0 Å². The van der Waals surface area contributed by atoms with E-state index in [1.807, 2.05) is 55.4 Å². The first-order valence-electron chi connectivity index (χ1n) is 17.2. The first-order chi connectivity index (χ1) is 18.2. The lowest BCUT2D eigenvalue weighted by Gasteiger charge is -2.34. The lowest BCUT2D eigenvalue weighted by Crippen LogP contribution is -2.41. The summed E-state index contributed by atoms with van der Waals surface area (Å²) < 4.78 is 0. The van der Waals surface area contributed by atoms with Crippen LogP contribution in [0.5, 0.6) is 0 Å². The quantitative estimate of drug-likeness (QED) is 0.327. The predicted octanol–water partition coefficient (Wildman–Crippen LogP) is 9.29. The van der Waals surface area contributed by atoms with E-state index < -0.39 is 0 Å². The highest BCUT2D eigenvalue weighted by molar-refractivity contribution is 4.75. The van der Waals surface area contributed by atoms with Crippen LogP contribution < -0.4 is 0 Å². The molecule has 0 aliphatic carbocycles. The predicted molar refractivity (Wildman–Crippen MR) is 180 cm³/mol. The van der Waals surface area contributed by atoms with Crippen LogP contribution in [0, 0.1) is 0 Å². The number of rotatable bonds is 4. The van der Waals surface area contributed by atoms with Gasteiger partial charge in [-0.1, -0.05) is 61.8 Å². The smallest absolute Gasteiger partial charge is 0.0113 e. The highest BCUT2D eigenvalue weighted by Gasteiger charge is 2.19. The Balaban J connectivity index is -0.000000187. The van der Waals surface area contributed by atoms with Gasteiger partial charge in [0.2, 0.25) is 0 Å². The van der Waals surface area contributed by atoms with E-state index in [0.29, 0.717) is 0 Å². The minimum Gasteiger partial charge on any atom is -0.301 e. The van der Waals surface area contributed by atoms with E-state index in [4.69, 9.17) is 0 Å². The first kappa shape index (κ1) is 44.8. The molecule has 38 heavy (non-hydrogen) atoms. The standard InChI is InChI=1S/C8H17N.C7H15N.C6H13N.C5H11N.4C2H6/c1-8(2)9-6-4-3-5-7-9;1-7(2)8-5-3-4-6-8;1-6(2)7-4-3-5-7;1-5(2)6-3-4-6;4*1-2/h8H,3-7H2,1-2H3;7H,3-6H2,1-2H3;6H,3-5H2,1-2H3;5H,3-4H2,1-2H3;4*1-2H3. The van der Waals surface area contributed by atoms with Gasteiger partial charge in [-0.3, -0.25) is 4.90 Å². The van der Waals surface area contributed by atoms with Crippen molar-refractivity contribution in [2.75, 3.05) is 52.4 Å². The molecule has 0 radical (unpaired) electrons. The van der Waals surface area contributed by atoms with Gasteiger partial charge in [0.05, 0.1) is 0 Å². The number of nitrogens with zero attached hydrogens (tertiary/aromatic N) is 4. The molecule has 0 aromatic rings. The van der Waals surface area contributed by atoms with Gasteiger partial charge in [-0.2, -0.15) is 0 Å². The minimum atomic E-state index is 0.769. The molecule has 0 amide bonds. The minimum absolute atomic E-state index is 0.769. The van der Waals surface area contributed by atoms with Gasteiger partial charge in [-0.15, -0.1) is 0 Å². The molecule has 0 spiro atoms. The molecule has 4 heterocycles. The van der Waals surface area contributed by atoms with Crippen molar-refractivity contribution in [3.8, 4) is 0 Å². The number of hydrogen-bond acceptors (Lipinski definition) is 4. The third-order valence-electron chi connectivity index (χ3n) is 6.82. The van der Waals surface area contributed by atoms with E-state index in [2.05, 4.69) is 75.0 Å². The van der Waals surface area contributed by atoms with Crippen molar-refractivity contribution in [1.29, 1.82) is 0 Å². The summed E-state index contributed by atoms with van der Waals surface area (Å²) in [6, 6.07) is 3.13. The van der Waals surface area contributed by atoms with Crippen LogP contribution >= 0.6 is 0 Å². The molecular weight excluding hydrogens is 464 g/mol. The molecule has 0 aromatic heterocycles. The fraction of sp³-hybridized carbons (Fsp3) is 1.00. The van der Waals surface area contributed by atoms with Gasteiger partial charge < -0.3 is 14.7 Å². The number of likely N-dealkylation sites (tertiary alicyclic amines) is 3. The van der Waals surface area contributed by atoms with Crippen LogP contribution in [0.25, 0.3) is 0 Å². The van der Waals surface area contributed by atoms with E-state index in [1.165, 1.54) is 90.9 Å². The summed E-state index contributed by atoms with van der Waals surface area (Å²) in [6.45, 7) is 44.7. The Kier molecular flexibility index (Phi) is 39.0. The Morgan fingerprint density at radius 1 is 0.263 bits per heavy atom. The highest BCUT2D eigenvalue weighted by atomic mass is 15.3. The van der Waals surface area contributed by atoms with Crippen LogP contribution in [0.15, 0.2) is 0 Å². The zero-order valence-corrected chi connectivity index (χ0v) is 30.0. The van der Waals surface area contributed by atoms with Crippen LogP contribution in [-0.2, 0) is 0 Å². The average Bonchev–Trinajstić information content (AvgIpc) is 3.63. The average molecular weight is 545 g/mol. The largest absolute Gasteiger partial charge is 0.301 e. The Bertz CT molecular complexity index is 389. The van der Waals surface area contributed by atoms with Crippen molar-refractivity contribution >= 4 is 0 Å². The second kappa shape index (κ2) is 33.0. The number of piperidine rings is 1. The lowest BCUT2D eigenvalue weighted by atomic mass is 10.1. The molecule has 0 saturated carbocycles. The molecule has 4 heteroatoms. The second-order valence-electron chi connectivity index (χ2n) is 10.6. The van der Waals surface area contributed by atoms with Gasteiger partial charge in [0.25, 0.3) is 0 Å². The Morgan fingerprint density at radius 3 is 0.553 bits per heavy atom. The third-order valence-corrected chi connectivity index (χ3v) is 6.82. The third kappa shape index (κ3) is 27.4. The zero-order chi connectivity index (χ0) is 30.5. The van der Waals surface area contributed by atoms with Crippen molar-refractivity contribution in [3.63, 3.8) is 0 Å². The summed E-state index contributed by atoms with van der Waals surface area (Å²) in [5, 5.41) is 0. The van der Waals surface area contributed by atoms with E-state index in [1.54, 1.807) is 0 Å². The molecule has 236 valence electrons. The van der Waals surface area contributed by atoms with Gasteiger partial charge >= 0.3 is 0 Å². The Hall–Kier alpha value is -0.160. The van der Waals surface area contributed by atoms with E-state index in [0.717, 1.165) is 24.2 Å². The van der Waals surface area contributed by atoms with Crippen LogP contribution in [0.3, 0.4) is 0 Å². The van der Waals surface area contributed by atoms with Crippen LogP contribution in [-0.4, -0.2) is 96.1 Å². The highest BCUT2D eigenvalue weighted by Crippen LogP contribution is 2.11. The van der Waals surface area contributed by atoms with Gasteiger partial charge in [0, 0.05) is 37.3 Å². The van der Waals surface area contributed by atoms with Crippen molar-refractivity contribution in [2.45, 2.75) is 173 Å². The molecule has 4 fully saturated rings. The molecular formula is C34H80N4. The molecule has 4 aliphatic heterocycles. The molecule has 0 unspecified atom stereocenters.